The lowest BCUT2D eigenvalue weighted by Crippen LogP contribution is -2.41. The normalized spacial score (nSPS) is 17.8. The molecular weight excluding hydrogens is 350 g/mol. The van der Waals surface area contributed by atoms with E-state index in [1.54, 1.807) is 42.4 Å². The zero-order valence-electron chi connectivity index (χ0n) is 14.8. The van der Waals surface area contributed by atoms with Crippen molar-refractivity contribution < 1.29 is 17.9 Å². The minimum atomic E-state index is -3.29. The van der Waals surface area contributed by atoms with Gasteiger partial charge < -0.3 is 9.64 Å². The van der Waals surface area contributed by atoms with Crippen molar-refractivity contribution in [2.24, 2.45) is 0 Å². The maximum Gasteiger partial charge on any atom is 0.258 e. The number of hydrogen-bond donors (Lipinski definition) is 0. The van der Waals surface area contributed by atoms with Crippen LogP contribution in [-0.2, 0) is 16.3 Å². The topological polar surface area (TPSA) is 63.7 Å². The third-order valence-electron chi connectivity index (χ3n) is 4.43. The molecule has 136 valence electrons. The van der Waals surface area contributed by atoms with Gasteiger partial charge in [0.05, 0.1) is 18.9 Å². The van der Waals surface area contributed by atoms with Gasteiger partial charge in [0.25, 0.3) is 5.91 Å². The van der Waals surface area contributed by atoms with Crippen LogP contribution >= 0.6 is 0 Å². The van der Waals surface area contributed by atoms with E-state index in [2.05, 4.69) is 0 Å². The minimum Gasteiger partial charge on any atom is -0.497 e. The lowest BCUT2D eigenvalue weighted by atomic mass is 10.1. The highest BCUT2D eigenvalue weighted by Gasteiger charge is 2.32. The van der Waals surface area contributed by atoms with Gasteiger partial charge in [-0.05, 0) is 48.4 Å². The van der Waals surface area contributed by atoms with Crippen molar-refractivity contribution in [1.82, 2.24) is 0 Å². The number of carbonyl (C=O) groups excluding carboxylic acids is 1. The minimum absolute atomic E-state index is 0.104. The number of amides is 1. The third-order valence-corrected chi connectivity index (χ3v) is 5.81. The molecule has 2 aromatic rings. The van der Waals surface area contributed by atoms with Crippen LogP contribution in [0.25, 0.3) is 0 Å². The molecule has 0 radical (unpaired) electrons. The zero-order valence-corrected chi connectivity index (χ0v) is 15.6. The van der Waals surface area contributed by atoms with E-state index in [0.29, 0.717) is 11.3 Å². The Bertz CT molecular complexity index is 933. The van der Waals surface area contributed by atoms with E-state index in [1.165, 1.54) is 5.41 Å². The molecule has 0 N–H and O–H groups in total. The molecule has 0 saturated carbocycles. The summed E-state index contributed by atoms with van der Waals surface area (Å²) in [5.41, 5.74) is 2.21. The van der Waals surface area contributed by atoms with Crippen LogP contribution in [0.15, 0.2) is 60.0 Å². The molecule has 5 nitrogen and oxygen atoms in total. The quantitative estimate of drug-likeness (QED) is 0.810. The molecule has 3 rings (SSSR count). The highest BCUT2D eigenvalue weighted by Crippen LogP contribution is 2.29. The number of rotatable bonds is 5. The van der Waals surface area contributed by atoms with Crippen molar-refractivity contribution in [2.75, 3.05) is 17.8 Å². The monoisotopic (exact) mass is 371 g/mol. The van der Waals surface area contributed by atoms with E-state index in [4.69, 9.17) is 4.74 Å². The number of methoxy groups -OCH3 is 1. The Balaban J connectivity index is 2.05. The number of carbonyl (C=O) groups is 1. The van der Waals surface area contributed by atoms with Gasteiger partial charge in [0, 0.05) is 16.7 Å². The number of aryl methyl sites for hydroxylation is 1. The van der Waals surface area contributed by atoms with E-state index in [9.17, 15) is 13.2 Å². The summed E-state index contributed by atoms with van der Waals surface area (Å²) in [6, 6.07) is 13.9. The van der Waals surface area contributed by atoms with Crippen molar-refractivity contribution in [3.05, 3.63) is 71.1 Å². The second-order valence-corrected chi connectivity index (χ2v) is 8.04. The van der Waals surface area contributed by atoms with Gasteiger partial charge in [0.15, 0.2) is 9.84 Å². The van der Waals surface area contributed by atoms with Crippen LogP contribution in [0.1, 0.15) is 22.8 Å². The standard InChI is InChI=1S/C20H21NO4S/c1-3-15-6-4-5-7-19(15)21(17-12-13-26(23,24)14-17)20(22)16-8-10-18(25-2)11-9-16/h4-13,17H,3,14H2,1-2H3/t17-/m0/s1. The van der Waals surface area contributed by atoms with Gasteiger partial charge in [0.2, 0.25) is 0 Å². The summed E-state index contributed by atoms with van der Waals surface area (Å²) >= 11 is 0. The smallest absolute Gasteiger partial charge is 0.258 e. The van der Waals surface area contributed by atoms with Crippen molar-refractivity contribution in [3.8, 4) is 5.75 Å². The first-order valence-corrected chi connectivity index (χ1v) is 10.1. The summed E-state index contributed by atoms with van der Waals surface area (Å²) in [6.45, 7) is 2.01. The highest BCUT2D eigenvalue weighted by atomic mass is 32.2. The predicted molar refractivity (Wildman–Crippen MR) is 102 cm³/mol. The highest BCUT2D eigenvalue weighted by molar-refractivity contribution is 7.94. The second kappa shape index (κ2) is 7.33. The molecule has 0 bridgehead atoms. The number of anilines is 1. The summed E-state index contributed by atoms with van der Waals surface area (Å²) in [6.07, 6.45) is 2.33. The maximum atomic E-state index is 13.3. The Hall–Kier alpha value is -2.60. The molecule has 6 heteroatoms. The Morgan fingerprint density at radius 3 is 2.42 bits per heavy atom. The molecule has 1 heterocycles. The molecule has 1 aliphatic rings. The zero-order chi connectivity index (χ0) is 18.7. The molecular formula is C20H21NO4S. The fraction of sp³-hybridized carbons (Fsp3) is 0.250. The van der Waals surface area contributed by atoms with Crippen LogP contribution in [-0.4, -0.2) is 33.2 Å². The molecule has 1 atom stereocenters. The van der Waals surface area contributed by atoms with E-state index in [0.717, 1.165) is 17.7 Å². The van der Waals surface area contributed by atoms with Gasteiger partial charge >= 0.3 is 0 Å². The number of benzene rings is 2. The fourth-order valence-electron chi connectivity index (χ4n) is 3.08. The van der Waals surface area contributed by atoms with Crippen molar-refractivity contribution in [1.29, 1.82) is 0 Å². The third kappa shape index (κ3) is 3.65. The number of ether oxygens (including phenoxy) is 1. The Morgan fingerprint density at radius 2 is 1.85 bits per heavy atom. The molecule has 0 saturated heterocycles. The first-order chi connectivity index (χ1) is 12.4. The van der Waals surface area contributed by atoms with Crippen molar-refractivity contribution in [2.45, 2.75) is 19.4 Å². The number of hydrogen-bond acceptors (Lipinski definition) is 4. The van der Waals surface area contributed by atoms with Gasteiger partial charge in [-0.2, -0.15) is 0 Å². The molecule has 0 unspecified atom stereocenters. The Kier molecular flexibility index (Phi) is 5.13. The Morgan fingerprint density at radius 1 is 1.15 bits per heavy atom. The lowest BCUT2D eigenvalue weighted by Gasteiger charge is -2.29. The summed E-state index contributed by atoms with van der Waals surface area (Å²) in [7, 11) is -1.72. The molecule has 1 aliphatic heterocycles. The van der Waals surface area contributed by atoms with Crippen LogP contribution in [0.2, 0.25) is 0 Å². The van der Waals surface area contributed by atoms with Gasteiger partial charge in [-0.25, -0.2) is 8.42 Å². The van der Waals surface area contributed by atoms with E-state index >= 15 is 0 Å². The van der Waals surface area contributed by atoms with Crippen LogP contribution in [0.4, 0.5) is 5.69 Å². The summed E-state index contributed by atoms with van der Waals surface area (Å²) in [5.74, 6) is 0.318. The molecule has 0 aromatic heterocycles. The first-order valence-electron chi connectivity index (χ1n) is 8.41. The van der Waals surface area contributed by atoms with Gasteiger partial charge in [-0.15, -0.1) is 0 Å². The SMILES string of the molecule is CCc1ccccc1N(C(=O)c1ccc(OC)cc1)[C@H]1C=CS(=O)(=O)C1. The van der Waals surface area contributed by atoms with Crippen LogP contribution in [0.3, 0.4) is 0 Å². The molecule has 0 fully saturated rings. The van der Waals surface area contributed by atoms with E-state index < -0.39 is 15.9 Å². The van der Waals surface area contributed by atoms with E-state index in [-0.39, 0.29) is 11.7 Å². The molecule has 2 aromatic carbocycles. The van der Waals surface area contributed by atoms with Crippen LogP contribution in [0, 0.1) is 0 Å². The van der Waals surface area contributed by atoms with Crippen molar-refractivity contribution >= 4 is 21.4 Å². The van der Waals surface area contributed by atoms with Gasteiger partial charge in [0.1, 0.15) is 5.75 Å². The van der Waals surface area contributed by atoms with Crippen LogP contribution in [0.5, 0.6) is 5.75 Å². The summed E-state index contributed by atoms with van der Waals surface area (Å²) < 4.78 is 29.0. The molecule has 1 amide bonds. The summed E-state index contributed by atoms with van der Waals surface area (Å²) in [5, 5.41) is 1.19. The molecule has 0 spiro atoms. The molecule has 26 heavy (non-hydrogen) atoms. The van der Waals surface area contributed by atoms with E-state index in [1.807, 2.05) is 31.2 Å². The molecule has 0 aliphatic carbocycles. The first kappa shape index (κ1) is 18.2. The average molecular weight is 371 g/mol. The van der Waals surface area contributed by atoms with Crippen molar-refractivity contribution in [3.63, 3.8) is 0 Å². The maximum absolute atomic E-state index is 13.3. The fourth-order valence-corrected chi connectivity index (χ4v) is 4.34. The second-order valence-electron chi connectivity index (χ2n) is 6.11. The van der Waals surface area contributed by atoms with Gasteiger partial charge in [-0.1, -0.05) is 25.1 Å². The largest absolute Gasteiger partial charge is 0.497 e. The lowest BCUT2D eigenvalue weighted by molar-refractivity contribution is 0.0983. The average Bonchev–Trinajstić information content (AvgIpc) is 3.01. The number of para-hydroxylation sites is 1. The summed E-state index contributed by atoms with van der Waals surface area (Å²) in [4.78, 5) is 14.9. The number of sulfone groups is 1. The predicted octanol–water partition coefficient (Wildman–Crippen LogP) is 3.22. The van der Waals surface area contributed by atoms with Gasteiger partial charge in [-0.3, -0.25) is 4.79 Å². The number of nitrogens with zero attached hydrogens (tertiary/aromatic N) is 1. The van der Waals surface area contributed by atoms with Crippen LogP contribution < -0.4 is 9.64 Å². The Labute approximate surface area is 153 Å².